The number of aryl methyl sites for hydroxylation is 2. The molecule has 158 valence electrons. The molecule has 0 fully saturated rings. The number of hydrogen-bond donors (Lipinski definition) is 1. The van der Waals surface area contributed by atoms with Gasteiger partial charge in [-0.15, -0.1) is 0 Å². The summed E-state index contributed by atoms with van der Waals surface area (Å²) in [5.74, 6) is 0.441. The molecule has 0 aromatic heterocycles. The molecule has 2 aromatic rings. The molecule has 0 bridgehead atoms. The minimum Gasteiger partial charge on any atom is -0.496 e. The Hall–Kier alpha value is -2.54. The van der Waals surface area contributed by atoms with Crippen molar-refractivity contribution < 1.29 is 17.9 Å². The Labute approximate surface area is 173 Å². The predicted molar refractivity (Wildman–Crippen MR) is 117 cm³/mol. The van der Waals surface area contributed by atoms with E-state index >= 15 is 0 Å². The second-order valence-electron chi connectivity index (χ2n) is 7.01. The maximum atomic E-state index is 12.8. The first-order valence-corrected chi connectivity index (χ1v) is 11.6. The van der Waals surface area contributed by atoms with Gasteiger partial charge in [0, 0.05) is 0 Å². The van der Waals surface area contributed by atoms with E-state index in [-0.39, 0.29) is 18.5 Å². The lowest BCUT2D eigenvalue weighted by Crippen LogP contribution is -2.41. The van der Waals surface area contributed by atoms with Crippen LogP contribution in [0.2, 0.25) is 0 Å². The van der Waals surface area contributed by atoms with Gasteiger partial charge in [0.05, 0.1) is 25.1 Å². The van der Waals surface area contributed by atoms with Crippen molar-refractivity contribution in [3.8, 4) is 5.75 Å². The lowest BCUT2D eigenvalue weighted by Gasteiger charge is -2.26. The summed E-state index contributed by atoms with van der Waals surface area (Å²) < 4.78 is 31.3. The molecular formula is C22H30N2O4S. The van der Waals surface area contributed by atoms with Crippen LogP contribution in [0.1, 0.15) is 43.0 Å². The molecule has 29 heavy (non-hydrogen) atoms. The number of rotatable bonds is 9. The SMILES string of the molecule is CCc1ccccc1N(CC(=O)N[C@@H](CC)c1ccc(OC)c(C)c1)S(C)(=O)=O. The van der Waals surface area contributed by atoms with Crippen molar-refractivity contribution in [1.82, 2.24) is 5.32 Å². The van der Waals surface area contributed by atoms with E-state index in [2.05, 4.69) is 5.32 Å². The van der Waals surface area contributed by atoms with Gasteiger partial charge in [-0.1, -0.05) is 44.2 Å². The minimum absolute atomic E-state index is 0.213. The number of para-hydroxylation sites is 1. The summed E-state index contributed by atoms with van der Waals surface area (Å²) in [6, 6.07) is 12.8. The van der Waals surface area contributed by atoms with E-state index in [0.29, 0.717) is 18.5 Å². The van der Waals surface area contributed by atoms with Gasteiger partial charge in [-0.3, -0.25) is 9.10 Å². The van der Waals surface area contributed by atoms with Gasteiger partial charge in [0.2, 0.25) is 15.9 Å². The fourth-order valence-electron chi connectivity index (χ4n) is 3.34. The minimum atomic E-state index is -3.61. The molecule has 0 saturated carbocycles. The average Bonchev–Trinajstić information content (AvgIpc) is 2.69. The zero-order chi connectivity index (χ0) is 21.6. The first-order chi connectivity index (χ1) is 13.7. The van der Waals surface area contributed by atoms with Crippen molar-refractivity contribution >= 4 is 21.6 Å². The number of carbonyl (C=O) groups is 1. The number of nitrogens with one attached hydrogen (secondary N) is 1. The first-order valence-electron chi connectivity index (χ1n) is 9.70. The fourth-order valence-corrected chi connectivity index (χ4v) is 4.23. The maximum Gasteiger partial charge on any atom is 0.241 e. The molecule has 0 radical (unpaired) electrons. The zero-order valence-corrected chi connectivity index (χ0v) is 18.5. The molecule has 0 saturated heterocycles. The third kappa shape index (κ3) is 5.73. The van der Waals surface area contributed by atoms with Crippen LogP contribution in [0.15, 0.2) is 42.5 Å². The van der Waals surface area contributed by atoms with Gasteiger partial charge in [0.25, 0.3) is 0 Å². The van der Waals surface area contributed by atoms with Gasteiger partial charge in [-0.2, -0.15) is 0 Å². The molecule has 0 spiro atoms. The van der Waals surface area contributed by atoms with E-state index in [9.17, 15) is 13.2 Å². The molecule has 0 heterocycles. The smallest absolute Gasteiger partial charge is 0.241 e. The molecule has 7 heteroatoms. The van der Waals surface area contributed by atoms with E-state index in [1.54, 1.807) is 19.2 Å². The van der Waals surface area contributed by atoms with E-state index < -0.39 is 10.0 Å². The van der Waals surface area contributed by atoms with E-state index in [1.807, 2.05) is 51.1 Å². The lowest BCUT2D eigenvalue weighted by atomic mass is 10.0. The molecular weight excluding hydrogens is 388 g/mol. The fraction of sp³-hybridized carbons (Fsp3) is 0.409. The predicted octanol–water partition coefficient (Wildman–Crippen LogP) is 3.60. The van der Waals surface area contributed by atoms with Crippen LogP contribution in [-0.2, 0) is 21.2 Å². The summed E-state index contributed by atoms with van der Waals surface area (Å²) in [7, 11) is -1.99. The second-order valence-corrected chi connectivity index (χ2v) is 8.92. The van der Waals surface area contributed by atoms with Crippen LogP contribution in [0.25, 0.3) is 0 Å². The van der Waals surface area contributed by atoms with E-state index in [4.69, 9.17) is 4.74 Å². The molecule has 1 atom stereocenters. The molecule has 2 rings (SSSR count). The Morgan fingerprint density at radius 1 is 1.17 bits per heavy atom. The van der Waals surface area contributed by atoms with Crippen molar-refractivity contribution in [3.05, 3.63) is 59.2 Å². The highest BCUT2D eigenvalue weighted by Gasteiger charge is 2.24. The number of sulfonamides is 1. The lowest BCUT2D eigenvalue weighted by molar-refractivity contribution is -0.120. The number of benzene rings is 2. The number of anilines is 1. The molecule has 0 unspecified atom stereocenters. The van der Waals surface area contributed by atoms with Crippen molar-refractivity contribution in [2.45, 2.75) is 39.7 Å². The molecule has 0 aliphatic heterocycles. The highest BCUT2D eigenvalue weighted by Crippen LogP contribution is 2.25. The third-order valence-corrected chi connectivity index (χ3v) is 6.02. The largest absolute Gasteiger partial charge is 0.496 e. The standard InChI is InChI=1S/C22H30N2O4S/c1-6-17-10-8-9-11-20(17)24(29(5,26)27)15-22(25)23-19(7-2)18-12-13-21(28-4)16(3)14-18/h8-14,19H,6-7,15H2,1-5H3,(H,23,25)/t19-/m0/s1. The summed E-state index contributed by atoms with van der Waals surface area (Å²) in [6.07, 6.45) is 2.48. The molecule has 2 aromatic carbocycles. The molecule has 1 N–H and O–H groups in total. The number of amides is 1. The molecule has 1 amide bonds. The average molecular weight is 419 g/mol. The molecule has 6 nitrogen and oxygen atoms in total. The highest BCUT2D eigenvalue weighted by molar-refractivity contribution is 7.92. The van der Waals surface area contributed by atoms with E-state index in [0.717, 1.165) is 28.7 Å². The molecule has 0 aliphatic carbocycles. The summed E-state index contributed by atoms with van der Waals surface area (Å²) in [6.45, 7) is 5.62. The Morgan fingerprint density at radius 2 is 1.86 bits per heavy atom. The summed E-state index contributed by atoms with van der Waals surface area (Å²) in [5, 5.41) is 2.97. The Morgan fingerprint density at radius 3 is 2.41 bits per heavy atom. The zero-order valence-electron chi connectivity index (χ0n) is 17.7. The van der Waals surface area contributed by atoms with Crippen LogP contribution in [0.5, 0.6) is 5.75 Å². The van der Waals surface area contributed by atoms with Gasteiger partial charge < -0.3 is 10.1 Å². The maximum absolute atomic E-state index is 12.8. The Bertz CT molecular complexity index is 957. The van der Waals surface area contributed by atoms with Crippen molar-refractivity contribution in [2.75, 3.05) is 24.2 Å². The van der Waals surface area contributed by atoms with Gasteiger partial charge in [-0.25, -0.2) is 8.42 Å². The normalized spacial score (nSPS) is 12.3. The Kier molecular flexibility index (Phi) is 7.67. The number of methoxy groups -OCH3 is 1. The second kappa shape index (κ2) is 9.78. The number of ether oxygens (including phenoxy) is 1. The third-order valence-electron chi connectivity index (χ3n) is 4.89. The number of carbonyl (C=O) groups excluding carboxylic acids is 1. The number of hydrogen-bond acceptors (Lipinski definition) is 4. The van der Waals surface area contributed by atoms with Crippen molar-refractivity contribution in [2.24, 2.45) is 0 Å². The van der Waals surface area contributed by atoms with E-state index in [1.165, 1.54) is 4.31 Å². The van der Waals surface area contributed by atoms with Crippen LogP contribution < -0.4 is 14.4 Å². The summed E-state index contributed by atoms with van der Waals surface area (Å²) in [4.78, 5) is 12.8. The highest BCUT2D eigenvalue weighted by atomic mass is 32.2. The Balaban J connectivity index is 2.24. The van der Waals surface area contributed by atoms with Crippen molar-refractivity contribution in [3.63, 3.8) is 0 Å². The van der Waals surface area contributed by atoms with Crippen LogP contribution >= 0.6 is 0 Å². The summed E-state index contributed by atoms with van der Waals surface area (Å²) >= 11 is 0. The first kappa shape index (κ1) is 22.7. The van der Waals surface area contributed by atoms with Gasteiger partial charge in [0.15, 0.2) is 0 Å². The number of nitrogens with zero attached hydrogens (tertiary/aromatic N) is 1. The van der Waals surface area contributed by atoms with Gasteiger partial charge in [0.1, 0.15) is 12.3 Å². The van der Waals surface area contributed by atoms with Crippen LogP contribution in [0.3, 0.4) is 0 Å². The van der Waals surface area contributed by atoms with Crippen LogP contribution in [0, 0.1) is 6.92 Å². The van der Waals surface area contributed by atoms with Crippen molar-refractivity contribution in [1.29, 1.82) is 0 Å². The topological polar surface area (TPSA) is 75.7 Å². The quantitative estimate of drug-likeness (QED) is 0.675. The molecule has 0 aliphatic rings. The van der Waals surface area contributed by atoms with Crippen LogP contribution in [0.4, 0.5) is 5.69 Å². The summed E-state index contributed by atoms with van der Waals surface area (Å²) in [5.41, 5.74) is 3.36. The van der Waals surface area contributed by atoms with Crippen LogP contribution in [-0.4, -0.2) is 34.2 Å². The monoisotopic (exact) mass is 418 g/mol. The van der Waals surface area contributed by atoms with Gasteiger partial charge >= 0.3 is 0 Å². The van der Waals surface area contributed by atoms with Gasteiger partial charge in [-0.05, 0) is 48.6 Å².